The molecule has 2 heterocycles. The Morgan fingerprint density at radius 2 is 1.68 bits per heavy atom. The molecule has 0 N–H and O–H groups in total. The van der Waals surface area contributed by atoms with Crippen molar-refractivity contribution < 1.29 is 14.3 Å². The van der Waals surface area contributed by atoms with Crippen LogP contribution in [0.25, 0.3) is 27.8 Å². The second-order valence-electron chi connectivity index (χ2n) is 10.8. The molecule has 5 nitrogen and oxygen atoms in total. The van der Waals surface area contributed by atoms with Gasteiger partial charge < -0.3 is 9.30 Å². The molecule has 0 saturated carbocycles. The molecule has 1 aliphatic rings. The van der Waals surface area contributed by atoms with Crippen LogP contribution in [0.2, 0.25) is 0 Å². The zero-order valence-electron chi connectivity index (χ0n) is 23.5. The molecule has 0 spiro atoms. The summed E-state index contributed by atoms with van der Waals surface area (Å²) in [4.78, 5) is 27.9. The van der Waals surface area contributed by atoms with Gasteiger partial charge in [-0.2, -0.15) is 0 Å². The number of fused-ring (bicyclic) bond motifs is 2. The molecule has 2 amide bonds. The normalized spacial score (nSPS) is 14.7. The lowest BCUT2D eigenvalue weighted by Gasteiger charge is -2.17. The van der Waals surface area contributed by atoms with Crippen LogP contribution in [-0.2, 0) is 11.3 Å². The Labute approximate surface area is 244 Å². The third-order valence-electron chi connectivity index (χ3n) is 7.51. The van der Waals surface area contributed by atoms with E-state index in [1.165, 1.54) is 21.2 Å². The zero-order valence-corrected chi connectivity index (χ0v) is 24.3. The second kappa shape index (κ2) is 11.3. The van der Waals surface area contributed by atoms with Crippen molar-refractivity contribution >= 4 is 50.7 Å². The minimum absolute atomic E-state index is 0.206. The predicted octanol–water partition coefficient (Wildman–Crippen LogP) is 8.39. The lowest BCUT2D eigenvalue weighted by molar-refractivity contribution is -0.123. The van der Waals surface area contributed by atoms with Crippen LogP contribution in [-0.4, -0.2) is 33.8 Å². The van der Waals surface area contributed by atoms with Crippen molar-refractivity contribution in [1.82, 2.24) is 9.47 Å². The van der Waals surface area contributed by atoms with Gasteiger partial charge in [-0.1, -0.05) is 80.6 Å². The van der Waals surface area contributed by atoms with Gasteiger partial charge in [-0.15, -0.1) is 0 Å². The van der Waals surface area contributed by atoms with Gasteiger partial charge in [0.05, 0.1) is 11.4 Å². The highest BCUT2D eigenvalue weighted by Gasteiger charge is 2.35. The van der Waals surface area contributed by atoms with Gasteiger partial charge in [-0.25, -0.2) is 0 Å². The molecule has 0 aliphatic carbocycles. The topological polar surface area (TPSA) is 51.5 Å². The smallest absolute Gasteiger partial charge is 0.293 e. The Hall–Kier alpha value is -4.29. The quantitative estimate of drug-likeness (QED) is 0.179. The van der Waals surface area contributed by atoms with Crippen LogP contribution < -0.4 is 4.74 Å². The minimum Gasteiger partial charge on any atom is -0.491 e. The number of benzene rings is 4. The molecule has 0 atom stereocenters. The van der Waals surface area contributed by atoms with Gasteiger partial charge in [0.1, 0.15) is 12.4 Å². The summed E-state index contributed by atoms with van der Waals surface area (Å²) in [5, 5.41) is 3.21. The number of hydrogen-bond acceptors (Lipinski definition) is 4. The standard InChI is InChI=1S/C35H32N2O3S/c1-23(2)29-15-12-24(3)18-32(29)40-17-16-37-34(38)33(41-35(37)39)20-28-22-36(31-11-7-6-10-30(28)31)21-25-13-14-26-8-4-5-9-27(26)19-25/h4-15,18-20,22-23H,16-17,21H2,1-3H3/b33-20-. The van der Waals surface area contributed by atoms with Crippen LogP contribution >= 0.6 is 11.8 Å². The van der Waals surface area contributed by atoms with Crippen molar-refractivity contribution in [3.8, 4) is 5.75 Å². The van der Waals surface area contributed by atoms with Crippen LogP contribution in [0.3, 0.4) is 0 Å². The number of para-hydroxylation sites is 1. The summed E-state index contributed by atoms with van der Waals surface area (Å²) in [6, 6.07) is 29.2. The summed E-state index contributed by atoms with van der Waals surface area (Å²) in [6.45, 7) is 7.43. The van der Waals surface area contributed by atoms with E-state index >= 15 is 0 Å². The number of carbonyl (C=O) groups excluding carboxylic acids is 2. The number of rotatable bonds is 8. The van der Waals surface area contributed by atoms with Crippen molar-refractivity contribution in [2.24, 2.45) is 0 Å². The lowest BCUT2D eigenvalue weighted by Crippen LogP contribution is -2.32. The maximum atomic E-state index is 13.3. The molecular weight excluding hydrogens is 528 g/mol. The number of amides is 2. The molecule has 1 aromatic heterocycles. The van der Waals surface area contributed by atoms with E-state index in [2.05, 4.69) is 91.3 Å². The number of imide groups is 1. The Bertz CT molecular complexity index is 1820. The fourth-order valence-electron chi connectivity index (χ4n) is 5.38. The van der Waals surface area contributed by atoms with Gasteiger partial charge in [0.2, 0.25) is 0 Å². The third-order valence-corrected chi connectivity index (χ3v) is 8.42. The number of aromatic nitrogens is 1. The molecule has 5 aromatic rings. The average Bonchev–Trinajstić information content (AvgIpc) is 3.44. The molecule has 6 rings (SSSR count). The number of ether oxygens (including phenoxy) is 1. The Morgan fingerprint density at radius 3 is 2.51 bits per heavy atom. The number of carbonyl (C=O) groups is 2. The largest absolute Gasteiger partial charge is 0.491 e. The zero-order chi connectivity index (χ0) is 28.5. The van der Waals surface area contributed by atoms with Crippen LogP contribution in [0.5, 0.6) is 5.75 Å². The van der Waals surface area contributed by atoms with E-state index in [9.17, 15) is 9.59 Å². The second-order valence-corrected chi connectivity index (χ2v) is 11.8. The summed E-state index contributed by atoms with van der Waals surface area (Å²) < 4.78 is 8.26. The van der Waals surface area contributed by atoms with Crippen molar-refractivity contribution in [3.05, 3.63) is 118 Å². The van der Waals surface area contributed by atoms with Gasteiger partial charge in [0.15, 0.2) is 0 Å². The van der Waals surface area contributed by atoms with Crippen molar-refractivity contribution in [2.45, 2.75) is 33.2 Å². The van der Waals surface area contributed by atoms with Gasteiger partial charge in [0.25, 0.3) is 11.1 Å². The first-order valence-electron chi connectivity index (χ1n) is 13.9. The van der Waals surface area contributed by atoms with Gasteiger partial charge in [0, 0.05) is 29.2 Å². The number of thioether (sulfide) groups is 1. The predicted molar refractivity (Wildman–Crippen MR) is 168 cm³/mol. The molecule has 1 aliphatic heterocycles. The molecular formula is C35H32N2O3S. The third kappa shape index (κ3) is 5.52. The Morgan fingerprint density at radius 1 is 0.902 bits per heavy atom. The van der Waals surface area contributed by atoms with Crippen molar-refractivity contribution in [3.63, 3.8) is 0 Å². The molecule has 4 aromatic carbocycles. The van der Waals surface area contributed by atoms with Crippen LogP contribution in [0, 0.1) is 6.92 Å². The molecule has 0 bridgehead atoms. The number of aryl methyl sites for hydroxylation is 1. The molecule has 1 fully saturated rings. The van der Waals surface area contributed by atoms with E-state index in [4.69, 9.17) is 4.74 Å². The van der Waals surface area contributed by atoms with Gasteiger partial charge >= 0.3 is 0 Å². The van der Waals surface area contributed by atoms with Crippen molar-refractivity contribution in [2.75, 3.05) is 13.2 Å². The molecule has 1 saturated heterocycles. The molecule has 0 radical (unpaired) electrons. The van der Waals surface area contributed by atoms with Crippen LogP contribution in [0.15, 0.2) is 96.0 Å². The first-order valence-corrected chi connectivity index (χ1v) is 14.7. The van der Waals surface area contributed by atoms with E-state index in [0.29, 0.717) is 17.4 Å². The molecule has 41 heavy (non-hydrogen) atoms. The van der Waals surface area contributed by atoms with E-state index in [1.807, 2.05) is 31.2 Å². The fourth-order valence-corrected chi connectivity index (χ4v) is 6.24. The summed E-state index contributed by atoms with van der Waals surface area (Å²) >= 11 is 0.990. The summed E-state index contributed by atoms with van der Waals surface area (Å²) in [6.07, 6.45) is 3.92. The molecule has 6 heteroatoms. The highest BCUT2D eigenvalue weighted by molar-refractivity contribution is 8.18. The minimum atomic E-state index is -0.275. The highest BCUT2D eigenvalue weighted by Crippen LogP contribution is 2.35. The lowest BCUT2D eigenvalue weighted by atomic mass is 10.0. The van der Waals surface area contributed by atoms with E-state index in [1.54, 1.807) is 0 Å². The van der Waals surface area contributed by atoms with Crippen LogP contribution in [0.4, 0.5) is 4.79 Å². The molecule has 0 unspecified atom stereocenters. The number of hydrogen-bond donors (Lipinski definition) is 0. The Kier molecular flexibility index (Phi) is 7.41. The number of nitrogens with zero attached hydrogens (tertiary/aromatic N) is 2. The first kappa shape index (κ1) is 26.9. The monoisotopic (exact) mass is 560 g/mol. The molecule has 206 valence electrons. The summed E-state index contributed by atoms with van der Waals surface area (Å²) in [5.74, 6) is 0.846. The van der Waals surface area contributed by atoms with E-state index in [0.717, 1.165) is 45.1 Å². The van der Waals surface area contributed by atoms with E-state index in [-0.39, 0.29) is 24.3 Å². The Balaban J connectivity index is 1.21. The fraction of sp³-hybridized carbons (Fsp3) is 0.200. The SMILES string of the molecule is Cc1ccc(C(C)C)c(OCCN2C(=O)S/C(=C\c3cn(Cc4ccc5ccccc5c4)c4ccccc34)C2=O)c1. The van der Waals surface area contributed by atoms with E-state index < -0.39 is 0 Å². The maximum absolute atomic E-state index is 13.3. The first-order chi connectivity index (χ1) is 19.9. The summed E-state index contributed by atoms with van der Waals surface area (Å²) in [7, 11) is 0. The van der Waals surface area contributed by atoms with Gasteiger partial charge in [-0.05, 0) is 76.3 Å². The average molecular weight is 561 g/mol. The van der Waals surface area contributed by atoms with Crippen LogP contribution in [0.1, 0.15) is 42.0 Å². The maximum Gasteiger partial charge on any atom is 0.293 e. The van der Waals surface area contributed by atoms with Crippen molar-refractivity contribution in [1.29, 1.82) is 0 Å². The summed E-state index contributed by atoms with van der Waals surface area (Å²) in [5.41, 5.74) is 5.43. The van der Waals surface area contributed by atoms with Gasteiger partial charge in [-0.3, -0.25) is 14.5 Å². The highest BCUT2D eigenvalue weighted by atomic mass is 32.2.